The SMILES string of the molecule is COC(=O)C1(C(=O)N(C)c2ccc(F)cc2)CCC1. The van der Waals surface area contributed by atoms with Gasteiger partial charge in [-0.25, -0.2) is 4.39 Å². The number of esters is 1. The van der Waals surface area contributed by atoms with Crippen molar-refractivity contribution >= 4 is 17.6 Å². The predicted octanol–water partition coefficient (Wildman–Crippen LogP) is 2.13. The van der Waals surface area contributed by atoms with Crippen molar-refractivity contribution in [3.63, 3.8) is 0 Å². The zero-order chi connectivity index (χ0) is 14.0. The highest BCUT2D eigenvalue weighted by molar-refractivity contribution is 6.10. The summed E-state index contributed by atoms with van der Waals surface area (Å²) >= 11 is 0. The summed E-state index contributed by atoms with van der Waals surface area (Å²) in [4.78, 5) is 25.7. The van der Waals surface area contributed by atoms with E-state index in [1.807, 2.05) is 0 Å². The quantitative estimate of drug-likeness (QED) is 0.621. The maximum absolute atomic E-state index is 12.9. The van der Waals surface area contributed by atoms with Crippen LogP contribution in [0.1, 0.15) is 19.3 Å². The Morgan fingerprint density at radius 1 is 1.26 bits per heavy atom. The predicted molar refractivity (Wildman–Crippen MR) is 68.1 cm³/mol. The van der Waals surface area contributed by atoms with Gasteiger partial charge in [0, 0.05) is 12.7 Å². The molecule has 0 heterocycles. The molecule has 1 aromatic rings. The van der Waals surface area contributed by atoms with Gasteiger partial charge < -0.3 is 9.64 Å². The van der Waals surface area contributed by atoms with Crippen LogP contribution in [-0.2, 0) is 14.3 Å². The molecule has 2 rings (SSSR count). The molecule has 0 spiro atoms. The number of amides is 1. The number of hydrogen-bond donors (Lipinski definition) is 0. The van der Waals surface area contributed by atoms with Crippen LogP contribution < -0.4 is 4.90 Å². The van der Waals surface area contributed by atoms with Crippen LogP contribution in [0.2, 0.25) is 0 Å². The van der Waals surface area contributed by atoms with Gasteiger partial charge in [0.25, 0.3) is 0 Å². The van der Waals surface area contributed by atoms with Crippen LogP contribution in [0.15, 0.2) is 24.3 Å². The fourth-order valence-corrected chi connectivity index (χ4v) is 2.33. The minimum atomic E-state index is -1.06. The van der Waals surface area contributed by atoms with Gasteiger partial charge in [-0.05, 0) is 37.1 Å². The number of nitrogens with zero attached hydrogens (tertiary/aromatic N) is 1. The molecule has 19 heavy (non-hydrogen) atoms. The molecule has 0 radical (unpaired) electrons. The third-order valence-corrected chi connectivity index (χ3v) is 3.71. The number of carbonyl (C=O) groups is 2. The molecule has 0 N–H and O–H groups in total. The average Bonchev–Trinajstić information content (AvgIpc) is 2.37. The Morgan fingerprint density at radius 2 is 1.84 bits per heavy atom. The lowest BCUT2D eigenvalue weighted by atomic mass is 9.67. The van der Waals surface area contributed by atoms with E-state index in [2.05, 4.69) is 0 Å². The van der Waals surface area contributed by atoms with E-state index in [1.54, 1.807) is 7.05 Å². The van der Waals surface area contributed by atoms with Gasteiger partial charge in [0.2, 0.25) is 5.91 Å². The van der Waals surface area contributed by atoms with E-state index in [0.717, 1.165) is 6.42 Å². The summed E-state index contributed by atoms with van der Waals surface area (Å²) in [6.07, 6.45) is 1.84. The maximum atomic E-state index is 12.9. The molecule has 0 aliphatic heterocycles. The third-order valence-electron chi connectivity index (χ3n) is 3.71. The monoisotopic (exact) mass is 265 g/mol. The lowest BCUT2D eigenvalue weighted by Crippen LogP contribution is -2.52. The van der Waals surface area contributed by atoms with Gasteiger partial charge in [0.1, 0.15) is 11.2 Å². The fourth-order valence-electron chi connectivity index (χ4n) is 2.33. The number of hydrogen-bond acceptors (Lipinski definition) is 3. The largest absolute Gasteiger partial charge is 0.468 e. The first-order valence-electron chi connectivity index (χ1n) is 6.13. The first-order valence-corrected chi connectivity index (χ1v) is 6.13. The van der Waals surface area contributed by atoms with Crippen molar-refractivity contribution in [2.45, 2.75) is 19.3 Å². The molecule has 5 heteroatoms. The third kappa shape index (κ3) is 2.20. The van der Waals surface area contributed by atoms with Gasteiger partial charge >= 0.3 is 5.97 Å². The van der Waals surface area contributed by atoms with Crippen molar-refractivity contribution in [2.24, 2.45) is 5.41 Å². The molecule has 4 nitrogen and oxygen atoms in total. The second-order valence-electron chi connectivity index (χ2n) is 4.77. The Hall–Kier alpha value is -1.91. The van der Waals surface area contributed by atoms with Crippen LogP contribution >= 0.6 is 0 Å². The van der Waals surface area contributed by atoms with E-state index in [1.165, 1.54) is 36.3 Å². The van der Waals surface area contributed by atoms with Crippen molar-refractivity contribution in [3.8, 4) is 0 Å². The highest BCUT2D eigenvalue weighted by Crippen LogP contribution is 2.44. The average molecular weight is 265 g/mol. The Balaban J connectivity index is 2.23. The molecule has 1 aliphatic carbocycles. The van der Waals surface area contributed by atoms with Crippen LogP contribution in [0.3, 0.4) is 0 Å². The molecule has 1 fully saturated rings. The second kappa shape index (κ2) is 4.99. The molecule has 0 saturated heterocycles. The minimum absolute atomic E-state index is 0.294. The van der Waals surface area contributed by atoms with Crippen LogP contribution in [0.5, 0.6) is 0 Å². The molecule has 1 aromatic carbocycles. The van der Waals surface area contributed by atoms with Gasteiger partial charge in [0.05, 0.1) is 7.11 Å². The summed E-state index contributed by atoms with van der Waals surface area (Å²) in [7, 11) is 2.87. The van der Waals surface area contributed by atoms with Crippen LogP contribution in [0.4, 0.5) is 10.1 Å². The van der Waals surface area contributed by atoms with E-state index in [-0.39, 0.29) is 11.7 Å². The fraction of sp³-hybridized carbons (Fsp3) is 0.429. The first-order chi connectivity index (χ1) is 9.01. The summed E-state index contributed by atoms with van der Waals surface area (Å²) in [5, 5.41) is 0. The molecular formula is C14H16FNO3. The van der Waals surface area contributed by atoms with Gasteiger partial charge in [-0.15, -0.1) is 0 Å². The zero-order valence-electron chi connectivity index (χ0n) is 11.0. The van der Waals surface area contributed by atoms with E-state index < -0.39 is 11.4 Å². The first kappa shape index (κ1) is 13.5. The van der Waals surface area contributed by atoms with Crippen molar-refractivity contribution in [2.75, 3.05) is 19.1 Å². The van der Waals surface area contributed by atoms with Gasteiger partial charge in [0.15, 0.2) is 0 Å². The zero-order valence-corrected chi connectivity index (χ0v) is 11.0. The number of halogens is 1. The molecule has 1 aliphatic rings. The summed E-state index contributed by atoms with van der Waals surface area (Å²) in [5.41, 5.74) is -0.501. The molecule has 0 aromatic heterocycles. The van der Waals surface area contributed by atoms with Crippen molar-refractivity contribution in [1.82, 2.24) is 0 Å². The Bertz CT molecular complexity index is 494. The number of ether oxygens (including phenoxy) is 1. The van der Waals surface area contributed by atoms with Crippen LogP contribution in [-0.4, -0.2) is 26.0 Å². The molecule has 1 amide bonds. The number of anilines is 1. The summed E-state index contributed by atoms with van der Waals surface area (Å²) in [6, 6.07) is 5.59. The summed E-state index contributed by atoms with van der Waals surface area (Å²) in [5.74, 6) is -1.15. The van der Waals surface area contributed by atoms with E-state index in [9.17, 15) is 14.0 Å². The Kier molecular flexibility index (Phi) is 3.55. The molecule has 1 saturated carbocycles. The minimum Gasteiger partial charge on any atom is -0.468 e. The lowest BCUT2D eigenvalue weighted by Gasteiger charge is -2.39. The Morgan fingerprint density at radius 3 is 2.26 bits per heavy atom. The van der Waals surface area contributed by atoms with Crippen molar-refractivity contribution in [3.05, 3.63) is 30.1 Å². The standard InChI is InChI=1S/C14H16FNO3/c1-16(11-6-4-10(15)5-7-11)12(17)14(8-3-9-14)13(18)19-2/h4-7H,3,8-9H2,1-2H3. The van der Waals surface area contributed by atoms with E-state index in [0.29, 0.717) is 18.5 Å². The molecule has 0 atom stereocenters. The molecule has 102 valence electrons. The number of methoxy groups -OCH3 is 1. The molecule has 0 bridgehead atoms. The smallest absolute Gasteiger partial charge is 0.321 e. The van der Waals surface area contributed by atoms with Crippen molar-refractivity contribution < 1.29 is 18.7 Å². The topological polar surface area (TPSA) is 46.6 Å². The van der Waals surface area contributed by atoms with Gasteiger partial charge in [-0.2, -0.15) is 0 Å². The van der Waals surface area contributed by atoms with Crippen LogP contribution in [0.25, 0.3) is 0 Å². The van der Waals surface area contributed by atoms with Crippen LogP contribution in [0, 0.1) is 11.2 Å². The maximum Gasteiger partial charge on any atom is 0.321 e. The summed E-state index contributed by atoms with van der Waals surface area (Å²) < 4.78 is 17.6. The van der Waals surface area contributed by atoms with E-state index >= 15 is 0 Å². The highest BCUT2D eigenvalue weighted by Gasteiger charge is 2.53. The Labute approximate surface area is 111 Å². The summed E-state index contributed by atoms with van der Waals surface area (Å²) in [6.45, 7) is 0. The molecule has 0 unspecified atom stereocenters. The second-order valence-corrected chi connectivity index (χ2v) is 4.77. The number of benzene rings is 1. The normalized spacial score (nSPS) is 16.4. The van der Waals surface area contributed by atoms with Crippen molar-refractivity contribution in [1.29, 1.82) is 0 Å². The van der Waals surface area contributed by atoms with Gasteiger partial charge in [-0.1, -0.05) is 6.42 Å². The molecular weight excluding hydrogens is 249 g/mol. The highest BCUT2D eigenvalue weighted by atomic mass is 19.1. The van der Waals surface area contributed by atoms with E-state index in [4.69, 9.17) is 4.74 Å². The number of carbonyl (C=O) groups excluding carboxylic acids is 2. The number of rotatable bonds is 3. The lowest BCUT2D eigenvalue weighted by molar-refractivity contribution is -0.163. The van der Waals surface area contributed by atoms with Gasteiger partial charge in [-0.3, -0.25) is 9.59 Å².